The molecule has 0 radical (unpaired) electrons. The highest BCUT2D eigenvalue weighted by Crippen LogP contribution is 2.24. The summed E-state index contributed by atoms with van der Waals surface area (Å²) < 4.78 is 54.9. The van der Waals surface area contributed by atoms with Crippen LogP contribution in [0, 0.1) is 47.0 Å². The van der Waals surface area contributed by atoms with Crippen LogP contribution in [0.1, 0.15) is 41.2 Å². The highest BCUT2D eigenvalue weighted by molar-refractivity contribution is 5.84. The second kappa shape index (κ2) is 9.63. The van der Waals surface area contributed by atoms with E-state index >= 15 is 0 Å². The number of fused-ring (bicyclic) bond motifs is 1. The van der Waals surface area contributed by atoms with Gasteiger partial charge in [0.1, 0.15) is 5.82 Å². The van der Waals surface area contributed by atoms with Gasteiger partial charge in [0.15, 0.2) is 17.5 Å². The minimum absolute atomic E-state index is 0.00109. The summed E-state index contributed by atoms with van der Waals surface area (Å²) in [5.41, 5.74) is 3.28. The molecule has 0 aliphatic rings. The Morgan fingerprint density at radius 2 is 1.24 bits per heavy atom. The summed E-state index contributed by atoms with van der Waals surface area (Å²) in [6, 6.07) is 17.6. The Hall–Kier alpha value is -4.02. The molecule has 162 valence electrons. The van der Waals surface area contributed by atoms with Gasteiger partial charge in [-0.2, -0.15) is 0 Å². The first-order valence-electron chi connectivity index (χ1n) is 10.4. The van der Waals surface area contributed by atoms with Gasteiger partial charge in [0, 0.05) is 22.1 Å². The van der Waals surface area contributed by atoms with Crippen molar-refractivity contribution in [2.75, 3.05) is 0 Å². The largest absolute Gasteiger partial charge is 0.206 e. The van der Waals surface area contributed by atoms with Gasteiger partial charge < -0.3 is 0 Å². The molecular formula is C29H18F4. The van der Waals surface area contributed by atoms with E-state index in [1.807, 2.05) is 13.0 Å². The fourth-order valence-electron chi connectivity index (χ4n) is 3.41. The molecule has 4 aromatic rings. The predicted octanol–water partition coefficient (Wildman–Crippen LogP) is 7.15. The third-order valence-corrected chi connectivity index (χ3v) is 5.12. The van der Waals surface area contributed by atoms with Crippen molar-refractivity contribution >= 4 is 10.8 Å². The second-order valence-electron chi connectivity index (χ2n) is 7.56. The Labute approximate surface area is 189 Å². The summed E-state index contributed by atoms with van der Waals surface area (Å²) in [4.78, 5) is 0. The summed E-state index contributed by atoms with van der Waals surface area (Å²) in [6.07, 6.45) is 1.79. The third-order valence-electron chi connectivity index (χ3n) is 5.12. The molecule has 4 aromatic carbocycles. The van der Waals surface area contributed by atoms with Crippen LogP contribution in [0.5, 0.6) is 0 Å². The van der Waals surface area contributed by atoms with Crippen molar-refractivity contribution in [3.05, 3.63) is 118 Å². The van der Waals surface area contributed by atoms with Crippen molar-refractivity contribution in [1.29, 1.82) is 0 Å². The van der Waals surface area contributed by atoms with Crippen LogP contribution in [0.2, 0.25) is 0 Å². The lowest BCUT2D eigenvalue weighted by atomic mass is 10.1. The molecule has 0 unspecified atom stereocenters. The Kier molecular flexibility index (Phi) is 6.48. The zero-order chi connectivity index (χ0) is 23.4. The van der Waals surface area contributed by atoms with E-state index in [-0.39, 0.29) is 16.6 Å². The van der Waals surface area contributed by atoms with Crippen LogP contribution in [-0.2, 0) is 6.42 Å². The molecule has 0 amide bonds. The first kappa shape index (κ1) is 22.2. The van der Waals surface area contributed by atoms with Crippen LogP contribution in [0.15, 0.2) is 66.7 Å². The average Bonchev–Trinajstić information content (AvgIpc) is 2.81. The van der Waals surface area contributed by atoms with E-state index in [1.54, 1.807) is 36.4 Å². The normalized spacial score (nSPS) is 10.3. The van der Waals surface area contributed by atoms with E-state index in [0.717, 1.165) is 30.0 Å². The Bertz CT molecular complexity index is 1460. The van der Waals surface area contributed by atoms with E-state index < -0.39 is 17.5 Å². The highest BCUT2D eigenvalue weighted by Gasteiger charge is 2.13. The minimum atomic E-state index is -1.49. The molecule has 0 saturated carbocycles. The van der Waals surface area contributed by atoms with Crippen LogP contribution < -0.4 is 0 Å². The van der Waals surface area contributed by atoms with Gasteiger partial charge in [-0.3, -0.25) is 0 Å². The molecule has 4 rings (SSSR count). The molecule has 0 spiro atoms. The van der Waals surface area contributed by atoms with Crippen LogP contribution in [0.3, 0.4) is 0 Å². The van der Waals surface area contributed by atoms with Crippen LogP contribution >= 0.6 is 0 Å². The standard InChI is InChI=1S/C29H18F4/c1-2-3-21-11-14-23(26(30)17-21)13-10-20-6-4-19(5-7-20)8-9-22-12-15-25-24(16-22)18-27(31)29(33)28(25)32/h4-7,11-12,14-18H,2-3H2,1H3. The Morgan fingerprint density at radius 3 is 1.91 bits per heavy atom. The lowest BCUT2D eigenvalue weighted by Crippen LogP contribution is -1.92. The summed E-state index contributed by atoms with van der Waals surface area (Å²) in [5.74, 6) is 7.46. The predicted molar refractivity (Wildman–Crippen MR) is 123 cm³/mol. The maximum atomic E-state index is 14.2. The molecule has 4 heteroatoms. The smallest absolute Gasteiger partial charge is 0.195 e. The fourth-order valence-corrected chi connectivity index (χ4v) is 3.41. The molecule has 0 aromatic heterocycles. The lowest BCUT2D eigenvalue weighted by molar-refractivity contribution is 0.453. The number of benzene rings is 4. The number of hydrogen-bond donors (Lipinski definition) is 0. The summed E-state index contributed by atoms with van der Waals surface area (Å²) in [5, 5.41) is 0.234. The van der Waals surface area contributed by atoms with Crippen molar-refractivity contribution in [3.8, 4) is 23.7 Å². The number of hydrogen-bond acceptors (Lipinski definition) is 0. The lowest BCUT2D eigenvalue weighted by Gasteiger charge is -2.02. The molecule has 33 heavy (non-hydrogen) atoms. The first-order chi connectivity index (χ1) is 15.9. The molecule has 0 nitrogen and oxygen atoms in total. The SMILES string of the molecule is CCCc1ccc(C#Cc2ccc(C#Cc3ccc4c(F)c(F)c(F)cc4c3)cc2)c(F)c1. The van der Waals surface area contributed by atoms with Crippen LogP contribution in [-0.4, -0.2) is 0 Å². The van der Waals surface area contributed by atoms with Crippen molar-refractivity contribution < 1.29 is 17.6 Å². The topological polar surface area (TPSA) is 0 Å². The quantitative estimate of drug-likeness (QED) is 0.176. The van der Waals surface area contributed by atoms with Gasteiger partial charge in [0.05, 0.1) is 5.56 Å². The van der Waals surface area contributed by atoms with Crippen LogP contribution in [0.25, 0.3) is 10.8 Å². The molecule has 0 aliphatic carbocycles. The van der Waals surface area contributed by atoms with E-state index in [4.69, 9.17) is 0 Å². The van der Waals surface area contributed by atoms with E-state index in [9.17, 15) is 17.6 Å². The molecule has 0 bridgehead atoms. The molecule has 0 saturated heterocycles. The van der Waals surface area contributed by atoms with E-state index in [1.165, 1.54) is 18.2 Å². The van der Waals surface area contributed by atoms with Gasteiger partial charge in [0.2, 0.25) is 0 Å². The van der Waals surface area contributed by atoms with Gasteiger partial charge in [-0.15, -0.1) is 0 Å². The molecule has 0 heterocycles. The molecule has 0 atom stereocenters. The zero-order valence-electron chi connectivity index (χ0n) is 17.8. The molecule has 0 N–H and O–H groups in total. The van der Waals surface area contributed by atoms with Crippen molar-refractivity contribution in [2.45, 2.75) is 19.8 Å². The Morgan fingerprint density at radius 1 is 0.606 bits per heavy atom. The first-order valence-corrected chi connectivity index (χ1v) is 10.4. The third kappa shape index (κ3) is 5.08. The van der Waals surface area contributed by atoms with Crippen molar-refractivity contribution in [3.63, 3.8) is 0 Å². The summed E-state index contributed by atoms with van der Waals surface area (Å²) in [6.45, 7) is 2.05. The zero-order valence-corrected chi connectivity index (χ0v) is 17.8. The van der Waals surface area contributed by atoms with E-state index in [0.29, 0.717) is 16.7 Å². The number of rotatable bonds is 2. The molecular weight excluding hydrogens is 424 g/mol. The second-order valence-corrected chi connectivity index (χ2v) is 7.56. The number of halogens is 4. The number of aryl methyl sites for hydroxylation is 1. The average molecular weight is 442 g/mol. The Balaban J connectivity index is 1.52. The van der Waals surface area contributed by atoms with Crippen molar-refractivity contribution in [2.24, 2.45) is 0 Å². The minimum Gasteiger partial charge on any atom is -0.206 e. The maximum Gasteiger partial charge on any atom is 0.195 e. The van der Waals surface area contributed by atoms with Gasteiger partial charge in [-0.25, -0.2) is 17.6 Å². The maximum absolute atomic E-state index is 14.2. The monoisotopic (exact) mass is 442 g/mol. The highest BCUT2D eigenvalue weighted by atomic mass is 19.2. The summed E-state index contributed by atoms with van der Waals surface area (Å²) >= 11 is 0. The van der Waals surface area contributed by atoms with Gasteiger partial charge in [-0.1, -0.05) is 49.2 Å². The van der Waals surface area contributed by atoms with Gasteiger partial charge in [-0.05, 0) is 72.0 Å². The van der Waals surface area contributed by atoms with Crippen LogP contribution in [0.4, 0.5) is 17.6 Å². The van der Waals surface area contributed by atoms with E-state index in [2.05, 4.69) is 23.7 Å². The summed E-state index contributed by atoms with van der Waals surface area (Å²) in [7, 11) is 0. The van der Waals surface area contributed by atoms with Gasteiger partial charge in [0.25, 0.3) is 0 Å². The molecule has 0 fully saturated rings. The fraction of sp³-hybridized carbons (Fsp3) is 0.103. The molecule has 0 aliphatic heterocycles. The van der Waals surface area contributed by atoms with Gasteiger partial charge >= 0.3 is 0 Å². The van der Waals surface area contributed by atoms with Crippen molar-refractivity contribution in [1.82, 2.24) is 0 Å².